The van der Waals surface area contributed by atoms with Crippen LogP contribution in [0.3, 0.4) is 0 Å². The topological polar surface area (TPSA) is 26.0 Å². The predicted octanol–water partition coefficient (Wildman–Crippen LogP) is 3.57. The third kappa shape index (κ3) is 3.68. The van der Waals surface area contributed by atoms with Gasteiger partial charge in [-0.2, -0.15) is 0 Å². The number of halogens is 4. The Hall–Kier alpha value is -0.740. The van der Waals surface area contributed by atoms with Gasteiger partial charge in [-0.25, -0.2) is 13.2 Å². The highest BCUT2D eigenvalue weighted by Gasteiger charge is 2.15. The van der Waals surface area contributed by atoms with E-state index in [4.69, 9.17) is 5.73 Å². The molecule has 1 atom stereocenters. The SMILES string of the molecule is CC(C)C[C@H](N)c1cc(F)c(F)c(F)c1.Cl. The average Bonchev–Trinajstić information content (AvgIpc) is 2.12. The number of benzene rings is 1. The van der Waals surface area contributed by atoms with Gasteiger partial charge in [-0.15, -0.1) is 12.4 Å². The zero-order valence-electron chi connectivity index (χ0n) is 9.14. The molecule has 0 saturated heterocycles. The van der Waals surface area contributed by atoms with Crippen LogP contribution in [0.25, 0.3) is 0 Å². The monoisotopic (exact) mass is 253 g/mol. The van der Waals surface area contributed by atoms with Crippen molar-refractivity contribution >= 4 is 12.4 Å². The first-order valence-electron chi connectivity index (χ1n) is 4.81. The molecule has 0 bridgehead atoms. The van der Waals surface area contributed by atoms with Crippen molar-refractivity contribution in [2.75, 3.05) is 0 Å². The van der Waals surface area contributed by atoms with Gasteiger partial charge in [0.15, 0.2) is 17.5 Å². The highest BCUT2D eigenvalue weighted by atomic mass is 35.5. The number of hydrogen-bond acceptors (Lipinski definition) is 1. The molecule has 0 aliphatic heterocycles. The Morgan fingerprint density at radius 2 is 1.56 bits per heavy atom. The van der Waals surface area contributed by atoms with Crippen LogP contribution in [0.4, 0.5) is 13.2 Å². The maximum atomic E-state index is 12.9. The van der Waals surface area contributed by atoms with Crippen molar-refractivity contribution < 1.29 is 13.2 Å². The van der Waals surface area contributed by atoms with E-state index in [9.17, 15) is 13.2 Å². The van der Waals surface area contributed by atoms with Crippen LogP contribution in [-0.4, -0.2) is 0 Å². The normalized spacial score (nSPS) is 12.4. The van der Waals surface area contributed by atoms with Crippen LogP contribution >= 0.6 is 12.4 Å². The molecule has 0 saturated carbocycles. The lowest BCUT2D eigenvalue weighted by atomic mass is 9.97. The fraction of sp³-hybridized carbons (Fsp3) is 0.455. The summed E-state index contributed by atoms with van der Waals surface area (Å²) >= 11 is 0. The molecule has 2 N–H and O–H groups in total. The van der Waals surface area contributed by atoms with E-state index in [0.717, 1.165) is 12.1 Å². The molecule has 5 heteroatoms. The third-order valence-corrected chi connectivity index (χ3v) is 2.16. The Labute approximate surface area is 99.2 Å². The molecule has 0 fully saturated rings. The molecule has 16 heavy (non-hydrogen) atoms. The maximum Gasteiger partial charge on any atom is 0.194 e. The quantitative estimate of drug-likeness (QED) is 0.819. The summed E-state index contributed by atoms with van der Waals surface area (Å²) < 4.78 is 38.4. The summed E-state index contributed by atoms with van der Waals surface area (Å²) in [5.74, 6) is -3.51. The highest BCUT2D eigenvalue weighted by molar-refractivity contribution is 5.85. The molecular weight excluding hydrogens is 239 g/mol. The summed E-state index contributed by atoms with van der Waals surface area (Å²) in [5, 5.41) is 0. The van der Waals surface area contributed by atoms with Crippen molar-refractivity contribution in [3.63, 3.8) is 0 Å². The Kier molecular flexibility index (Phi) is 5.83. The van der Waals surface area contributed by atoms with Crippen LogP contribution in [0.2, 0.25) is 0 Å². The van der Waals surface area contributed by atoms with Gasteiger partial charge in [0.05, 0.1) is 0 Å². The molecule has 1 aromatic rings. The molecule has 0 spiro atoms. The smallest absolute Gasteiger partial charge is 0.194 e. The van der Waals surface area contributed by atoms with Gasteiger partial charge in [0, 0.05) is 6.04 Å². The van der Waals surface area contributed by atoms with Crippen molar-refractivity contribution in [3.8, 4) is 0 Å². The van der Waals surface area contributed by atoms with Gasteiger partial charge in [0.1, 0.15) is 0 Å². The largest absolute Gasteiger partial charge is 0.324 e. The molecular formula is C11H15ClF3N. The summed E-state index contributed by atoms with van der Waals surface area (Å²) in [6.45, 7) is 3.91. The molecule has 0 heterocycles. The maximum absolute atomic E-state index is 12.9. The van der Waals surface area contributed by atoms with Crippen molar-refractivity contribution in [2.24, 2.45) is 11.7 Å². The summed E-state index contributed by atoms with van der Waals surface area (Å²) in [6, 6.07) is 1.44. The van der Waals surface area contributed by atoms with E-state index in [1.807, 2.05) is 13.8 Å². The van der Waals surface area contributed by atoms with Crippen molar-refractivity contribution in [3.05, 3.63) is 35.1 Å². The summed E-state index contributed by atoms with van der Waals surface area (Å²) in [4.78, 5) is 0. The minimum absolute atomic E-state index is 0. The first-order chi connectivity index (χ1) is 6.91. The fourth-order valence-electron chi connectivity index (χ4n) is 1.43. The van der Waals surface area contributed by atoms with Gasteiger partial charge in [-0.05, 0) is 30.0 Å². The van der Waals surface area contributed by atoms with Crippen molar-refractivity contribution in [1.82, 2.24) is 0 Å². The van der Waals surface area contributed by atoms with Gasteiger partial charge in [-0.1, -0.05) is 13.8 Å². The van der Waals surface area contributed by atoms with Crippen LogP contribution in [0.1, 0.15) is 31.9 Å². The predicted molar refractivity (Wildman–Crippen MR) is 59.9 cm³/mol. The third-order valence-electron chi connectivity index (χ3n) is 2.16. The highest BCUT2D eigenvalue weighted by Crippen LogP contribution is 2.22. The molecule has 1 rings (SSSR count). The molecule has 92 valence electrons. The van der Waals surface area contributed by atoms with Crippen LogP contribution < -0.4 is 5.73 Å². The molecule has 0 aliphatic carbocycles. The second-order valence-corrected chi connectivity index (χ2v) is 4.03. The Morgan fingerprint density at radius 1 is 1.12 bits per heavy atom. The first-order valence-corrected chi connectivity index (χ1v) is 4.81. The van der Waals surface area contributed by atoms with E-state index in [1.54, 1.807) is 0 Å². The molecule has 0 amide bonds. The van der Waals surface area contributed by atoms with Gasteiger partial charge in [-0.3, -0.25) is 0 Å². The van der Waals surface area contributed by atoms with Gasteiger partial charge in [0.25, 0.3) is 0 Å². The average molecular weight is 254 g/mol. The Morgan fingerprint density at radius 3 is 1.94 bits per heavy atom. The first kappa shape index (κ1) is 15.3. The van der Waals surface area contributed by atoms with E-state index >= 15 is 0 Å². The minimum atomic E-state index is -1.45. The van der Waals surface area contributed by atoms with Crippen LogP contribution in [-0.2, 0) is 0 Å². The van der Waals surface area contributed by atoms with Gasteiger partial charge < -0.3 is 5.73 Å². The van der Waals surface area contributed by atoms with E-state index in [2.05, 4.69) is 0 Å². The second-order valence-electron chi connectivity index (χ2n) is 4.03. The lowest BCUT2D eigenvalue weighted by Gasteiger charge is -2.14. The van der Waals surface area contributed by atoms with E-state index in [-0.39, 0.29) is 12.4 Å². The molecule has 1 nitrogen and oxygen atoms in total. The molecule has 0 radical (unpaired) electrons. The van der Waals surface area contributed by atoms with Gasteiger partial charge in [0.2, 0.25) is 0 Å². The number of hydrogen-bond donors (Lipinski definition) is 1. The Balaban J connectivity index is 0.00000225. The van der Waals surface area contributed by atoms with Crippen LogP contribution in [0.15, 0.2) is 12.1 Å². The lowest BCUT2D eigenvalue weighted by Crippen LogP contribution is -2.14. The van der Waals surface area contributed by atoms with Crippen molar-refractivity contribution in [2.45, 2.75) is 26.3 Å². The van der Waals surface area contributed by atoms with Gasteiger partial charge >= 0.3 is 0 Å². The number of nitrogens with two attached hydrogens (primary N) is 1. The second kappa shape index (κ2) is 6.11. The summed E-state index contributed by atoms with van der Waals surface area (Å²) in [6.07, 6.45) is 0.602. The minimum Gasteiger partial charge on any atom is -0.324 e. The van der Waals surface area contributed by atoms with E-state index in [0.29, 0.717) is 17.9 Å². The summed E-state index contributed by atoms with van der Waals surface area (Å²) in [7, 11) is 0. The fourth-order valence-corrected chi connectivity index (χ4v) is 1.43. The zero-order valence-corrected chi connectivity index (χ0v) is 9.95. The van der Waals surface area contributed by atoms with E-state index < -0.39 is 23.5 Å². The van der Waals surface area contributed by atoms with E-state index in [1.165, 1.54) is 0 Å². The molecule has 0 unspecified atom stereocenters. The van der Waals surface area contributed by atoms with Crippen LogP contribution in [0.5, 0.6) is 0 Å². The lowest BCUT2D eigenvalue weighted by molar-refractivity contribution is 0.439. The molecule has 1 aromatic carbocycles. The molecule has 0 aromatic heterocycles. The van der Waals surface area contributed by atoms with Crippen LogP contribution in [0, 0.1) is 23.4 Å². The summed E-state index contributed by atoms with van der Waals surface area (Å²) in [5.41, 5.74) is 6.02. The van der Waals surface area contributed by atoms with Crippen molar-refractivity contribution in [1.29, 1.82) is 0 Å². The number of rotatable bonds is 3. The zero-order chi connectivity index (χ0) is 11.6. The standard InChI is InChI=1S/C11H14F3N.ClH/c1-6(2)3-10(15)7-4-8(12)11(14)9(13)5-7;/h4-6,10H,3,15H2,1-2H3;1H/t10-;/m0./s1. The molecule has 0 aliphatic rings. The Bertz CT molecular complexity index is 332.